The molecule has 2 unspecified atom stereocenters. The molecule has 0 amide bonds. The van der Waals surface area contributed by atoms with Crippen molar-refractivity contribution < 1.29 is 0 Å². The fourth-order valence-electron chi connectivity index (χ4n) is 2.91. The molecule has 1 fully saturated rings. The number of nitrogens with one attached hydrogen (secondary N) is 1. The average molecular weight is 295 g/mol. The van der Waals surface area contributed by atoms with E-state index in [1.807, 2.05) is 0 Å². The summed E-state index contributed by atoms with van der Waals surface area (Å²) < 4.78 is 0. The van der Waals surface area contributed by atoms with E-state index in [1.54, 1.807) is 0 Å². The molecule has 2 atom stereocenters. The van der Waals surface area contributed by atoms with Crippen LogP contribution in [0.1, 0.15) is 51.6 Å². The summed E-state index contributed by atoms with van der Waals surface area (Å²) in [6, 6.07) is 6.90. The molecule has 1 saturated heterocycles. The Balaban J connectivity index is 2.06. The molecule has 2 nitrogen and oxygen atoms in total. The van der Waals surface area contributed by atoms with Gasteiger partial charge in [0.15, 0.2) is 0 Å². The van der Waals surface area contributed by atoms with E-state index in [1.165, 1.54) is 24.1 Å². The van der Waals surface area contributed by atoms with Crippen LogP contribution in [0.25, 0.3) is 0 Å². The van der Waals surface area contributed by atoms with Crippen LogP contribution in [0.15, 0.2) is 18.2 Å². The van der Waals surface area contributed by atoms with Gasteiger partial charge in [0.1, 0.15) is 0 Å². The maximum atomic E-state index is 6.51. The minimum atomic E-state index is 0.364. The second kappa shape index (κ2) is 7.33. The Morgan fingerprint density at radius 1 is 1.40 bits per heavy atom. The van der Waals surface area contributed by atoms with E-state index < -0.39 is 0 Å². The minimum absolute atomic E-state index is 0.364. The monoisotopic (exact) mass is 294 g/mol. The highest BCUT2D eigenvalue weighted by atomic mass is 35.5. The highest BCUT2D eigenvalue weighted by Gasteiger charge is 2.22. The number of hydrogen-bond acceptors (Lipinski definition) is 2. The summed E-state index contributed by atoms with van der Waals surface area (Å²) in [5.74, 6) is 0.830. The van der Waals surface area contributed by atoms with Crippen LogP contribution in [0.3, 0.4) is 0 Å². The lowest BCUT2D eigenvalue weighted by Crippen LogP contribution is -2.21. The van der Waals surface area contributed by atoms with Crippen molar-refractivity contribution in [3.05, 3.63) is 28.8 Å². The molecule has 20 heavy (non-hydrogen) atoms. The van der Waals surface area contributed by atoms with Gasteiger partial charge in [-0.15, -0.1) is 0 Å². The summed E-state index contributed by atoms with van der Waals surface area (Å²) >= 11 is 6.51. The third-order valence-corrected chi connectivity index (χ3v) is 4.68. The largest absolute Gasteiger partial charge is 0.370 e. The van der Waals surface area contributed by atoms with Gasteiger partial charge >= 0.3 is 0 Å². The fraction of sp³-hybridized carbons (Fsp3) is 0.647. The molecule has 0 saturated carbocycles. The van der Waals surface area contributed by atoms with Crippen molar-refractivity contribution in [2.75, 3.05) is 24.5 Å². The highest BCUT2D eigenvalue weighted by Crippen LogP contribution is 2.33. The average Bonchev–Trinajstić information content (AvgIpc) is 2.93. The molecule has 3 heteroatoms. The van der Waals surface area contributed by atoms with E-state index in [2.05, 4.69) is 49.2 Å². The summed E-state index contributed by atoms with van der Waals surface area (Å²) in [7, 11) is 0. The summed E-state index contributed by atoms with van der Waals surface area (Å²) in [5, 5.41) is 4.40. The lowest BCUT2D eigenvalue weighted by Gasteiger charge is -2.22. The lowest BCUT2D eigenvalue weighted by molar-refractivity contribution is 0.568. The Bertz CT molecular complexity index is 433. The van der Waals surface area contributed by atoms with Gasteiger partial charge in [0.05, 0.1) is 10.7 Å². The molecule has 1 aliphatic rings. The van der Waals surface area contributed by atoms with Crippen molar-refractivity contribution in [3.63, 3.8) is 0 Å². The first-order chi connectivity index (χ1) is 9.65. The third kappa shape index (κ3) is 3.67. The van der Waals surface area contributed by atoms with Crippen molar-refractivity contribution in [1.29, 1.82) is 0 Å². The van der Waals surface area contributed by atoms with Crippen LogP contribution >= 0.6 is 11.6 Å². The zero-order valence-electron chi connectivity index (χ0n) is 13.0. The molecule has 1 heterocycles. The van der Waals surface area contributed by atoms with Crippen LogP contribution < -0.4 is 10.2 Å². The smallest absolute Gasteiger partial charge is 0.0642 e. The standard InChI is InChI=1S/C17H27ClN2/c1-4-9-19-13(3)15-6-7-17(16(18)11-15)20-10-8-14(5-2)12-20/h6-7,11,13-14,19H,4-5,8-10,12H2,1-3H3. The molecule has 112 valence electrons. The van der Waals surface area contributed by atoms with Gasteiger partial charge in [0, 0.05) is 19.1 Å². The van der Waals surface area contributed by atoms with Crippen molar-refractivity contribution in [2.45, 2.75) is 46.1 Å². The second-order valence-corrected chi connectivity index (χ2v) is 6.30. The van der Waals surface area contributed by atoms with E-state index >= 15 is 0 Å². The van der Waals surface area contributed by atoms with Crippen LogP contribution in [0.5, 0.6) is 0 Å². The minimum Gasteiger partial charge on any atom is -0.370 e. The van der Waals surface area contributed by atoms with E-state index in [-0.39, 0.29) is 0 Å². The number of benzene rings is 1. The SMILES string of the molecule is CCCNC(C)c1ccc(N2CCC(CC)C2)c(Cl)c1. The van der Waals surface area contributed by atoms with Crippen molar-refractivity contribution in [2.24, 2.45) is 5.92 Å². The topological polar surface area (TPSA) is 15.3 Å². The van der Waals surface area contributed by atoms with E-state index in [0.717, 1.165) is 37.0 Å². The van der Waals surface area contributed by atoms with Gasteiger partial charge < -0.3 is 10.2 Å². The maximum Gasteiger partial charge on any atom is 0.0642 e. The third-order valence-electron chi connectivity index (χ3n) is 4.38. The number of hydrogen-bond donors (Lipinski definition) is 1. The van der Waals surface area contributed by atoms with Crippen LogP contribution in [-0.4, -0.2) is 19.6 Å². The van der Waals surface area contributed by atoms with Crippen molar-refractivity contribution in [3.8, 4) is 0 Å². The number of anilines is 1. The van der Waals surface area contributed by atoms with Crippen molar-refractivity contribution >= 4 is 17.3 Å². The maximum absolute atomic E-state index is 6.51. The molecular weight excluding hydrogens is 268 g/mol. The van der Waals surface area contributed by atoms with Gasteiger partial charge in [0.2, 0.25) is 0 Å². The fourth-order valence-corrected chi connectivity index (χ4v) is 3.22. The highest BCUT2D eigenvalue weighted by molar-refractivity contribution is 6.33. The van der Waals surface area contributed by atoms with Crippen LogP contribution in [-0.2, 0) is 0 Å². The first-order valence-corrected chi connectivity index (χ1v) is 8.31. The van der Waals surface area contributed by atoms with Gasteiger partial charge in [-0.1, -0.05) is 37.9 Å². The molecule has 0 aliphatic carbocycles. The quantitative estimate of drug-likeness (QED) is 0.822. The Morgan fingerprint density at radius 2 is 2.20 bits per heavy atom. The van der Waals surface area contributed by atoms with E-state index in [9.17, 15) is 0 Å². The molecular formula is C17H27ClN2. The second-order valence-electron chi connectivity index (χ2n) is 5.90. The summed E-state index contributed by atoms with van der Waals surface area (Å²) in [6.07, 6.45) is 3.72. The first-order valence-electron chi connectivity index (χ1n) is 7.93. The molecule has 2 rings (SSSR count). The molecule has 1 aromatic carbocycles. The molecule has 1 aromatic rings. The first kappa shape index (κ1) is 15.7. The Morgan fingerprint density at radius 3 is 2.80 bits per heavy atom. The van der Waals surface area contributed by atoms with Crippen LogP contribution in [0.4, 0.5) is 5.69 Å². The molecule has 0 aromatic heterocycles. The van der Waals surface area contributed by atoms with Gasteiger partial charge in [-0.05, 0) is 49.9 Å². The molecule has 1 N–H and O–H groups in total. The van der Waals surface area contributed by atoms with Crippen molar-refractivity contribution in [1.82, 2.24) is 5.32 Å². The predicted octanol–water partition coefficient (Wildman–Crippen LogP) is 4.64. The van der Waals surface area contributed by atoms with Gasteiger partial charge in [-0.25, -0.2) is 0 Å². The zero-order valence-corrected chi connectivity index (χ0v) is 13.7. The predicted molar refractivity (Wildman–Crippen MR) is 88.8 cm³/mol. The van der Waals surface area contributed by atoms with E-state index in [0.29, 0.717) is 6.04 Å². The molecule has 0 spiro atoms. The summed E-state index contributed by atoms with van der Waals surface area (Å²) in [5.41, 5.74) is 2.48. The normalized spacial score (nSPS) is 20.4. The molecule has 0 bridgehead atoms. The number of rotatable bonds is 6. The van der Waals surface area contributed by atoms with Crippen LogP contribution in [0, 0.1) is 5.92 Å². The number of nitrogens with zero attached hydrogens (tertiary/aromatic N) is 1. The van der Waals surface area contributed by atoms with Gasteiger partial charge in [-0.3, -0.25) is 0 Å². The number of halogens is 1. The lowest BCUT2D eigenvalue weighted by atomic mass is 10.1. The zero-order chi connectivity index (χ0) is 14.5. The van der Waals surface area contributed by atoms with Gasteiger partial charge in [-0.2, -0.15) is 0 Å². The van der Waals surface area contributed by atoms with Crippen LogP contribution in [0.2, 0.25) is 5.02 Å². The molecule has 1 aliphatic heterocycles. The Labute approximate surface area is 128 Å². The Hall–Kier alpha value is -0.730. The Kier molecular flexibility index (Phi) is 5.74. The summed E-state index contributed by atoms with van der Waals surface area (Å²) in [4.78, 5) is 2.43. The van der Waals surface area contributed by atoms with E-state index in [4.69, 9.17) is 11.6 Å². The summed E-state index contributed by atoms with van der Waals surface area (Å²) in [6.45, 7) is 10.0. The van der Waals surface area contributed by atoms with Gasteiger partial charge in [0.25, 0.3) is 0 Å². The molecule has 0 radical (unpaired) electrons.